The van der Waals surface area contributed by atoms with Crippen molar-refractivity contribution in [1.82, 2.24) is 25.1 Å². The van der Waals surface area contributed by atoms with Crippen molar-refractivity contribution in [3.8, 4) is 0 Å². The van der Waals surface area contributed by atoms with Gasteiger partial charge in [0, 0.05) is 52.7 Å². The van der Waals surface area contributed by atoms with E-state index in [4.69, 9.17) is 4.74 Å². The maximum Gasteiger partial charge on any atom is 0.234 e. The van der Waals surface area contributed by atoms with E-state index < -0.39 is 0 Å². The van der Waals surface area contributed by atoms with Gasteiger partial charge in [0.05, 0.1) is 19.2 Å². The van der Waals surface area contributed by atoms with E-state index in [0.29, 0.717) is 19.7 Å². The first-order valence-corrected chi connectivity index (χ1v) is 8.93. The van der Waals surface area contributed by atoms with E-state index in [1.807, 2.05) is 42.1 Å². The zero-order valence-corrected chi connectivity index (χ0v) is 16.7. The zero-order valence-electron chi connectivity index (χ0n) is 15.9. The number of piperazine rings is 1. The smallest absolute Gasteiger partial charge is 0.234 e. The number of amides is 1. The Morgan fingerprint density at radius 2 is 2.07 bits per heavy atom. The number of nitrogens with zero attached hydrogens (tertiary/aromatic N) is 3. The van der Waals surface area contributed by atoms with E-state index in [1.165, 1.54) is 0 Å². The van der Waals surface area contributed by atoms with Crippen LogP contribution in [0.25, 0.3) is 0 Å². The number of hydrogen-bond acceptors (Lipinski definition) is 5. The molecule has 0 bridgehead atoms. The van der Waals surface area contributed by atoms with E-state index >= 15 is 0 Å². The molecule has 27 heavy (non-hydrogen) atoms. The molecule has 1 aromatic heterocycles. The van der Waals surface area contributed by atoms with Gasteiger partial charge in [-0.05, 0) is 11.1 Å². The summed E-state index contributed by atoms with van der Waals surface area (Å²) in [6.45, 7) is 4.03. The van der Waals surface area contributed by atoms with Crippen LogP contribution >= 0.6 is 12.4 Å². The van der Waals surface area contributed by atoms with Crippen LogP contribution in [0, 0.1) is 0 Å². The Kier molecular flexibility index (Phi) is 8.24. The van der Waals surface area contributed by atoms with E-state index in [2.05, 4.69) is 20.5 Å². The molecule has 1 atom stereocenters. The van der Waals surface area contributed by atoms with Crippen LogP contribution in [0.4, 0.5) is 0 Å². The van der Waals surface area contributed by atoms with Gasteiger partial charge < -0.3 is 19.9 Å². The maximum atomic E-state index is 12.4. The van der Waals surface area contributed by atoms with Crippen LogP contribution < -0.4 is 10.6 Å². The van der Waals surface area contributed by atoms with Gasteiger partial charge in [0.15, 0.2) is 0 Å². The van der Waals surface area contributed by atoms with Crippen LogP contribution in [-0.4, -0.2) is 53.6 Å². The number of carbonyl (C=O) groups is 1. The highest BCUT2D eigenvalue weighted by Gasteiger charge is 2.28. The highest BCUT2D eigenvalue weighted by atomic mass is 35.5. The van der Waals surface area contributed by atoms with E-state index in [1.54, 1.807) is 13.3 Å². The molecule has 0 aliphatic carbocycles. The number of ether oxygens (including phenoxy) is 1. The third-order valence-electron chi connectivity index (χ3n) is 4.68. The highest BCUT2D eigenvalue weighted by Crippen LogP contribution is 2.19. The number of aryl methyl sites for hydroxylation is 1. The molecule has 0 spiro atoms. The summed E-state index contributed by atoms with van der Waals surface area (Å²) in [5, 5.41) is 6.41. The molecular weight excluding hydrogens is 366 g/mol. The molecule has 0 saturated carbocycles. The van der Waals surface area contributed by atoms with Crippen molar-refractivity contribution in [3.05, 3.63) is 53.6 Å². The molecule has 1 amide bonds. The third kappa shape index (κ3) is 5.77. The minimum absolute atomic E-state index is 0. The summed E-state index contributed by atoms with van der Waals surface area (Å²) in [5.74, 6) is 1.02. The Morgan fingerprint density at radius 3 is 2.74 bits per heavy atom. The summed E-state index contributed by atoms with van der Waals surface area (Å²) >= 11 is 0. The molecule has 2 heterocycles. The number of rotatable bonds is 7. The standard InChI is InChI=1S/C19H27N5O2.ClH/c1-23-9-8-21-19(23)17-12-20-7-10-24(17)13-18(25)22-11-15-3-5-16(6-4-15)14-26-2;/h3-6,8-9,17,20H,7,10-14H2,1-2H3,(H,22,25);1H. The number of aromatic nitrogens is 2. The molecule has 0 radical (unpaired) electrons. The lowest BCUT2D eigenvalue weighted by molar-refractivity contribution is -0.123. The number of imidazole rings is 1. The fourth-order valence-corrected chi connectivity index (χ4v) is 3.25. The molecule has 3 rings (SSSR count). The molecule has 1 saturated heterocycles. The van der Waals surface area contributed by atoms with Gasteiger partial charge in [-0.15, -0.1) is 12.4 Å². The largest absolute Gasteiger partial charge is 0.380 e. The van der Waals surface area contributed by atoms with Crippen molar-refractivity contribution >= 4 is 18.3 Å². The van der Waals surface area contributed by atoms with Crippen molar-refractivity contribution in [3.63, 3.8) is 0 Å². The lowest BCUT2D eigenvalue weighted by atomic mass is 10.1. The normalized spacial score (nSPS) is 17.3. The number of methoxy groups -OCH3 is 1. The van der Waals surface area contributed by atoms with Gasteiger partial charge in [-0.25, -0.2) is 4.98 Å². The van der Waals surface area contributed by atoms with Gasteiger partial charge in [0.25, 0.3) is 0 Å². The van der Waals surface area contributed by atoms with Crippen LogP contribution in [0.15, 0.2) is 36.7 Å². The first kappa shape index (κ1) is 21.4. The first-order chi connectivity index (χ1) is 12.7. The minimum atomic E-state index is 0. The average molecular weight is 394 g/mol. The van der Waals surface area contributed by atoms with Crippen LogP contribution in [0.2, 0.25) is 0 Å². The molecule has 1 aliphatic rings. The molecule has 1 aromatic carbocycles. The van der Waals surface area contributed by atoms with E-state index in [-0.39, 0.29) is 24.4 Å². The summed E-state index contributed by atoms with van der Waals surface area (Å²) < 4.78 is 7.13. The number of nitrogens with one attached hydrogen (secondary N) is 2. The van der Waals surface area contributed by atoms with Crippen LogP contribution in [0.1, 0.15) is 23.0 Å². The Hall–Kier alpha value is -1.93. The summed E-state index contributed by atoms with van der Waals surface area (Å²) in [7, 11) is 3.67. The SMILES string of the molecule is COCc1ccc(CNC(=O)CN2CCNCC2c2nccn2C)cc1.Cl. The molecule has 8 heteroatoms. The predicted octanol–water partition coefficient (Wildman–Crippen LogP) is 1.25. The number of benzene rings is 1. The lowest BCUT2D eigenvalue weighted by Crippen LogP contribution is -2.50. The molecule has 1 aliphatic heterocycles. The topological polar surface area (TPSA) is 71.4 Å². The number of hydrogen-bond donors (Lipinski definition) is 2. The minimum Gasteiger partial charge on any atom is -0.380 e. The monoisotopic (exact) mass is 393 g/mol. The van der Waals surface area contributed by atoms with Crippen molar-refractivity contribution in [2.24, 2.45) is 7.05 Å². The van der Waals surface area contributed by atoms with Gasteiger partial charge in [-0.3, -0.25) is 9.69 Å². The molecule has 1 unspecified atom stereocenters. The van der Waals surface area contributed by atoms with Crippen LogP contribution in [-0.2, 0) is 29.7 Å². The third-order valence-corrected chi connectivity index (χ3v) is 4.68. The summed E-state index contributed by atoms with van der Waals surface area (Å²) in [6.07, 6.45) is 3.74. The summed E-state index contributed by atoms with van der Waals surface area (Å²) in [4.78, 5) is 19.1. The second kappa shape index (κ2) is 10.4. The van der Waals surface area contributed by atoms with Gasteiger partial charge in [-0.2, -0.15) is 0 Å². The van der Waals surface area contributed by atoms with Crippen molar-refractivity contribution in [2.75, 3.05) is 33.3 Å². The van der Waals surface area contributed by atoms with Crippen molar-refractivity contribution in [1.29, 1.82) is 0 Å². The van der Waals surface area contributed by atoms with Crippen LogP contribution in [0.3, 0.4) is 0 Å². The lowest BCUT2D eigenvalue weighted by Gasteiger charge is -2.35. The van der Waals surface area contributed by atoms with E-state index in [0.717, 1.165) is 36.6 Å². The molecule has 2 aromatic rings. The maximum absolute atomic E-state index is 12.4. The fourth-order valence-electron chi connectivity index (χ4n) is 3.25. The highest BCUT2D eigenvalue weighted by molar-refractivity contribution is 5.85. The Bertz CT molecular complexity index is 719. The Morgan fingerprint density at radius 1 is 1.33 bits per heavy atom. The van der Waals surface area contributed by atoms with Gasteiger partial charge >= 0.3 is 0 Å². The molecule has 7 nitrogen and oxygen atoms in total. The molecule has 148 valence electrons. The molecule has 1 fully saturated rings. The average Bonchev–Trinajstić information content (AvgIpc) is 3.08. The fraction of sp³-hybridized carbons (Fsp3) is 0.474. The number of carbonyl (C=O) groups excluding carboxylic acids is 1. The van der Waals surface area contributed by atoms with Crippen molar-refractivity contribution in [2.45, 2.75) is 19.2 Å². The van der Waals surface area contributed by atoms with Crippen LogP contribution in [0.5, 0.6) is 0 Å². The second-order valence-corrected chi connectivity index (χ2v) is 6.61. The van der Waals surface area contributed by atoms with E-state index in [9.17, 15) is 4.79 Å². The predicted molar refractivity (Wildman–Crippen MR) is 107 cm³/mol. The quantitative estimate of drug-likeness (QED) is 0.740. The second-order valence-electron chi connectivity index (χ2n) is 6.61. The summed E-state index contributed by atoms with van der Waals surface area (Å²) in [6, 6.07) is 8.21. The Balaban J connectivity index is 0.00000261. The molecule has 2 N–H and O–H groups in total. The van der Waals surface area contributed by atoms with Gasteiger partial charge in [0.2, 0.25) is 5.91 Å². The summed E-state index contributed by atoms with van der Waals surface area (Å²) in [5.41, 5.74) is 2.21. The van der Waals surface area contributed by atoms with Gasteiger partial charge in [-0.1, -0.05) is 24.3 Å². The molecular formula is C19H28ClN5O2. The number of halogens is 1. The Labute approximate surface area is 166 Å². The van der Waals surface area contributed by atoms with Crippen molar-refractivity contribution < 1.29 is 9.53 Å². The first-order valence-electron chi connectivity index (χ1n) is 8.93. The van der Waals surface area contributed by atoms with Gasteiger partial charge in [0.1, 0.15) is 5.82 Å². The zero-order chi connectivity index (χ0) is 18.4.